The van der Waals surface area contributed by atoms with Gasteiger partial charge in [0, 0.05) is 52.0 Å². The van der Waals surface area contributed by atoms with Crippen molar-refractivity contribution in [1.29, 1.82) is 0 Å². The van der Waals surface area contributed by atoms with Crippen LogP contribution in [0, 0.1) is 6.92 Å². The van der Waals surface area contributed by atoms with E-state index < -0.39 is 12.0 Å². The molecule has 32 heavy (non-hydrogen) atoms. The van der Waals surface area contributed by atoms with Gasteiger partial charge in [-0.05, 0) is 26.3 Å². The monoisotopic (exact) mass is 443 g/mol. The van der Waals surface area contributed by atoms with E-state index in [0.29, 0.717) is 50.5 Å². The Bertz CT molecular complexity index is 875. The van der Waals surface area contributed by atoms with Crippen molar-refractivity contribution in [2.75, 3.05) is 52.9 Å². The van der Waals surface area contributed by atoms with Crippen molar-refractivity contribution in [3.05, 3.63) is 46.7 Å². The average Bonchev–Trinajstić information content (AvgIpc) is 2.78. The minimum Gasteiger partial charge on any atom is -0.463 e. The summed E-state index contributed by atoms with van der Waals surface area (Å²) in [6, 6.07) is 6.86. The molecule has 1 saturated heterocycles. The van der Waals surface area contributed by atoms with E-state index in [1.165, 1.54) is 4.90 Å². The van der Waals surface area contributed by atoms with Gasteiger partial charge in [-0.15, -0.1) is 0 Å². The Morgan fingerprint density at radius 1 is 1.12 bits per heavy atom. The van der Waals surface area contributed by atoms with Gasteiger partial charge in [-0.25, -0.2) is 14.4 Å². The second kappa shape index (κ2) is 10.5. The Kier molecular flexibility index (Phi) is 7.74. The number of likely N-dealkylation sites (N-methyl/N-ethyl adjacent to an activating group) is 1. The number of amides is 4. The molecule has 9 heteroatoms. The lowest BCUT2D eigenvalue weighted by Crippen LogP contribution is -2.54. The molecule has 2 heterocycles. The van der Waals surface area contributed by atoms with Crippen LogP contribution >= 0.6 is 0 Å². The predicted molar refractivity (Wildman–Crippen MR) is 121 cm³/mol. The highest BCUT2D eigenvalue weighted by molar-refractivity contribution is 5.95. The molecule has 0 saturated carbocycles. The first-order valence-corrected chi connectivity index (χ1v) is 11.1. The summed E-state index contributed by atoms with van der Waals surface area (Å²) in [6.07, 6.45) is 0. The standard InChI is InChI=1S/C23H33N5O4/c1-5-24-22(30)28-13-11-27(12-14-28)15-18-19(21(29)32-6-2)20(25-23(31)26(18)4)17-9-7-16(3)8-10-17/h7-10,20H,5-6,11-15H2,1-4H3,(H,24,30)(H,25,31). The zero-order valence-electron chi connectivity index (χ0n) is 19.3. The van der Waals surface area contributed by atoms with Gasteiger partial charge < -0.3 is 20.3 Å². The Morgan fingerprint density at radius 2 is 1.78 bits per heavy atom. The summed E-state index contributed by atoms with van der Waals surface area (Å²) in [5.41, 5.74) is 3.01. The maximum Gasteiger partial charge on any atom is 0.338 e. The van der Waals surface area contributed by atoms with Gasteiger partial charge in [0.15, 0.2) is 0 Å². The number of aryl methyl sites for hydroxylation is 1. The highest BCUT2D eigenvalue weighted by Gasteiger charge is 2.37. The van der Waals surface area contributed by atoms with Gasteiger partial charge in [-0.1, -0.05) is 29.8 Å². The van der Waals surface area contributed by atoms with Gasteiger partial charge in [0.05, 0.1) is 18.2 Å². The van der Waals surface area contributed by atoms with Crippen molar-refractivity contribution < 1.29 is 19.1 Å². The van der Waals surface area contributed by atoms with Crippen molar-refractivity contribution in [2.45, 2.75) is 26.8 Å². The number of rotatable bonds is 6. The van der Waals surface area contributed by atoms with Gasteiger partial charge in [0.25, 0.3) is 0 Å². The van der Waals surface area contributed by atoms with Gasteiger partial charge in [0.2, 0.25) is 0 Å². The fourth-order valence-corrected chi connectivity index (χ4v) is 3.99. The summed E-state index contributed by atoms with van der Waals surface area (Å²) < 4.78 is 5.38. The Hall–Kier alpha value is -3.07. The topological polar surface area (TPSA) is 94.2 Å². The number of urea groups is 2. The van der Waals surface area contributed by atoms with Crippen LogP contribution in [0.4, 0.5) is 9.59 Å². The Balaban J connectivity index is 1.88. The number of nitrogens with zero attached hydrogens (tertiary/aromatic N) is 3. The molecule has 0 bridgehead atoms. The maximum absolute atomic E-state index is 13.0. The molecule has 0 radical (unpaired) electrons. The van der Waals surface area contributed by atoms with Crippen LogP contribution in [0.1, 0.15) is 31.0 Å². The third-order valence-electron chi connectivity index (χ3n) is 5.84. The number of ether oxygens (including phenoxy) is 1. The summed E-state index contributed by atoms with van der Waals surface area (Å²) in [4.78, 5) is 43.3. The molecule has 1 unspecified atom stereocenters. The first kappa shape index (κ1) is 23.6. The van der Waals surface area contributed by atoms with E-state index in [1.807, 2.05) is 38.1 Å². The lowest BCUT2D eigenvalue weighted by atomic mass is 9.93. The Labute approximate surface area is 189 Å². The molecule has 1 atom stereocenters. The molecule has 4 amide bonds. The molecule has 174 valence electrons. The number of piperazine rings is 1. The summed E-state index contributed by atoms with van der Waals surface area (Å²) >= 11 is 0. The first-order chi connectivity index (χ1) is 15.3. The molecule has 0 aliphatic carbocycles. The van der Waals surface area contributed by atoms with Crippen LogP contribution in [0.25, 0.3) is 0 Å². The molecular formula is C23H33N5O4. The number of hydrogen-bond acceptors (Lipinski definition) is 5. The van der Waals surface area contributed by atoms with Crippen molar-refractivity contribution in [2.24, 2.45) is 0 Å². The van der Waals surface area contributed by atoms with Crippen LogP contribution in [0.3, 0.4) is 0 Å². The summed E-state index contributed by atoms with van der Waals surface area (Å²) in [5, 5.41) is 5.77. The number of hydrogen-bond donors (Lipinski definition) is 2. The highest BCUT2D eigenvalue weighted by atomic mass is 16.5. The van der Waals surface area contributed by atoms with Crippen molar-refractivity contribution in [3.8, 4) is 0 Å². The van der Waals surface area contributed by atoms with E-state index in [2.05, 4.69) is 15.5 Å². The Morgan fingerprint density at radius 3 is 2.38 bits per heavy atom. The fourth-order valence-electron chi connectivity index (χ4n) is 3.99. The van der Waals surface area contributed by atoms with Crippen LogP contribution in [0.5, 0.6) is 0 Å². The third kappa shape index (κ3) is 5.21. The second-order valence-corrected chi connectivity index (χ2v) is 8.03. The number of nitrogens with one attached hydrogen (secondary N) is 2. The fraction of sp³-hybridized carbons (Fsp3) is 0.522. The molecule has 2 aliphatic rings. The molecule has 0 spiro atoms. The number of benzene rings is 1. The number of carbonyl (C=O) groups excluding carboxylic acids is 3. The zero-order chi connectivity index (χ0) is 23.3. The van der Waals surface area contributed by atoms with Crippen LogP contribution in [0.2, 0.25) is 0 Å². The van der Waals surface area contributed by atoms with Gasteiger partial charge in [-0.3, -0.25) is 9.80 Å². The van der Waals surface area contributed by atoms with Crippen molar-refractivity contribution in [3.63, 3.8) is 0 Å². The first-order valence-electron chi connectivity index (χ1n) is 11.1. The van der Waals surface area contributed by atoms with Gasteiger partial charge in [-0.2, -0.15) is 0 Å². The summed E-state index contributed by atoms with van der Waals surface area (Å²) in [5.74, 6) is -0.430. The molecule has 1 fully saturated rings. The van der Waals surface area contributed by atoms with E-state index in [9.17, 15) is 14.4 Å². The summed E-state index contributed by atoms with van der Waals surface area (Å²) in [6.45, 7) is 9.40. The van der Waals surface area contributed by atoms with E-state index in [-0.39, 0.29) is 18.7 Å². The largest absolute Gasteiger partial charge is 0.463 e. The molecular weight excluding hydrogens is 410 g/mol. The number of carbonyl (C=O) groups is 3. The van der Waals surface area contributed by atoms with E-state index >= 15 is 0 Å². The minimum absolute atomic E-state index is 0.0628. The van der Waals surface area contributed by atoms with Crippen LogP contribution in [-0.2, 0) is 9.53 Å². The highest BCUT2D eigenvalue weighted by Crippen LogP contribution is 2.31. The lowest BCUT2D eigenvalue weighted by Gasteiger charge is -2.39. The van der Waals surface area contributed by atoms with Crippen molar-refractivity contribution >= 4 is 18.0 Å². The van der Waals surface area contributed by atoms with Crippen LogP contribution in [0.15, 0.2) is 35.5 Å². The summed E-state index contributed by atoms with van der Waals surface area (Å²) in [7, 11) is 1.67. The SMILES string of the molecule is CCNC(=O)N1CCN(CC2=C(C(=O)OCC)C(c3ccc(C)cc3)NC(=O)N2C)CC1. The van der Waals surface area contributed by atoms with Crippen LogP contribution < -0.4 is 10.6 Å². The quantitative estimate of drug-likeness (QED) is 0.655. The lowest BCUT2D eigenvalue weighted by molar-refractivity contribution is -0.139. The molecule has 0 aromatic heterocycles. The molecule has 1 aromatic rings. The minimum atomic E-state index is -0.579. The third-order valence-corrected chi connectivity index (χ3v) is 5.84. The maximum atomic E-state index is 13.0. The van der Waals surface area contributed by atoms with E-state index in [0.717, 1.165) is 11.1 Å². The molecule has 3 rings (SSSR count). The second-order valence-electron chi connectivity index (χ2n) is 8.03. The molecule has 2 N–H and O–H groups in total. The predicted octanol–water partition coefficient (Wildman–Crippen LogP) is 1.86. The molecule has 1 aromatic carbocycles. The normalized spacial score (nSPS) is 19.6. The van der Waals surface area contributed by atoms with E-state index in [1.54, 1.807) is 18.9 Å². The van der Waals surface area contributed by atoms with Gasteiger partial charge in [0.1, 0.15) is 0 Å². The molecule has 9 nitrogen and oxygen atoms in total. The van der Waals surface area contributed by atoms with E-state index in [4.69, 9.17) is 4.74 Å². The van der Waals surface area contributed by atoms with Gasteiger partial charge >= 0.3 is 18.0 Å². The smallest absolute Gasteiger partial charge is 0.338 e. The van der Waals surface area contributed by atoms with Crippen LogP contribution in [-0.4, -0.2) is 85.7 Å². The average molecular weight is 444 g/mol. The van der Waals surface area contributed by atoms with Crippen molar-refractivity contribution in [1.82, 2.24) is 25.3 Å². The molecule has 2 aliphatic heterocycles. The number of esters is 1. The zero-order valence-corrected chi connectivity index (χ0v) is 19.3.